The minimum Gasteiger partial charge on any atom is -0.490 e. The quantitative estimate of drug-likeness (QED) is 0.115. The average Bonchev–Trinajstić information content (AvgIpc) is 3.01. The Morgan fingerprint density at radius 3 is 2.61 bits per heavy atom. The van der Waals surface area contributed by atoms with E-state index >= 15 is 0 Å². The zero-order valence-corrected chi connectivity index (χ0v) is 25.4. The molecular formula is C31H29BrFN5O6. The number of carbonyl (C=O) groups is 1. The number of nitro groups is 1. The number of carbonyl (C=O) groups excluding carboxylic acids is 1. The molecule has 0 bridgehead atoms. The molecule has 13 heteroatoms. The molecule has 0 saturated heterocycles. The minimum absolute atomic E-state index is 0.0261. The van der Waals surface area contributed by atoms with Crippen LogP contribution in [-0.4, -0.2) is 39.9 Å². The zero-order valence-electron chi connectivity index (χ0n) is 23.8. The summed E-state index contributed by atoms with van der Waals surface area (Å²) in [6, 6.07) is 13.2. The van der Waals surface area contributed by atoms with E-state index in [-0.39, 0.29) is 35.1 Å². The van der Waals surface area contributed by atoms with Crippen LogP contribution in [0.3, 0.4) is 0 Å². The Balaban J connectivity index is 1.48. The van der Waals surface area contributed by atoms with Crippen molar-refractivity contribution < 1.29 is 23.6 Å². The van der Waals surface area contributed by atoms with Gasteiger partial charge in [-0.15, -0.1) is 0 Å². The highest BCUT2D eigenvalue weighted by Gasteiger charge is 2.25. The second-order valence-corrected chi connectivity index (χ2v) is 11.1. The van der Waals surface area contributed by atoms with Gasteiger partial charge in [-0.1, -0.05) is 35.2 Å². The summed E-state index contributed by atoms with van der Waals surface area (Å²) in [6.45, 7) is 1.29. The minimum atomic E-state index is -0.651. The van der Waals surface area contributed by atoms with Crippen molar-refractivity contribution in [3.8, 4) is 11.5 Å². The third kappa shape index (κ3) is 7.10. The number of hydrogen-bond acceptors (Lipinski definition) is 8. The fourth-order valence-electron chi connectivity index (χ4n) is 5.12. The Morgan fingerprint density at radius 2 is 1.91 bits per heavy atom. The molecule has 0 atom stereocenters. The summed E-state index contributed by atoms with van der Waals surface area (Å²) in [7, 11) is 0. The summed E-state index contributed by atoms with van der Waals surface area (Å²) in [5, 5.41) is 19.5. The lowest BCUT2D eigenvalue weighted by Gasteiger charge is -2.22. The number of amides is 1. The predicted octanol–water partition coefficient (Wildman–Crippen LogP) is 6.55. The molecule has 1 aromatic heterocycles. The number of nitro benzene ring substituents is 1. The molecule has 0 aliphatic heterocycles. The summed E-state index contributed by atoms with van der Waals surface area (Å²) >= 11 is 3.41. The molecule has 5 rings (SSSR count). The summed E-state index contributed by atoms with van der Waals surface area (Å²) in [5.74, 6) is -0.679. The molecular weight excluding hydrogens is 637 g/mol. The Hall–Kier alpha value is -4.65. The van der Waals surface area contributed by atoms with Gasteiger partial charge in [-0.2, -0.15) is 9.78 Å². The predicted molar refractivity (Wildman–Crippen MR) is 167 cm³/mol. The van der Waals surface area contributed by atoms with Crippen LogP contribution in [0.15, 0.2) is 69.0 Å². The number of hydrogen-bond donors (Lipinski definition) is 1. The molecule has 228 valence electrons. The van der Waals surface area contributed by atoms with Crippen molar-refractivity contribution in [3.05, 3.63) is 96.7 Å². The maximum atomic E-state index is 13.6. The van der Waals surface area contributed by atoms with Gasteiger partial charge < -0.3 is 14.8 Å². The van der Waals surface area contributed by atoms with E-state index < -0.39 is 28.9 Å². The van der Waals surface area contributed by atoms with Gasteiger partial charge in [0.15, 0.2) is 12.4 Å². The van der Waals surface area contributed by atoms with E-state index in [2.05, 4.69) is 26.3 Å². The van der Waals surface area contributed by atoms with Gasteiger partial charge in [0.1, 0.15) is 11.6 Å². The van der Waals surface area contributed by atoms with Crippen LogP contribution in [0.2, 0.25) is 0 Å². The molecule has 1 heterocycles. The summed E-state index contributed by atoms with van der Waals surface area (Å²) in [6.07, 6.45) is 6.28. The lowest BCUT2D eigenvalue weighted by atomic mass is 9.88. The van der Waals surface area contributed by atoms with Crippen molar-refractivity contribution in [1.82, 2.24) is 9.66 Å². The van der Waals surface area contributed by atoms with E-state index in [0.717, 1.165) is 36.6 Å². The van der Waals surface area contributed by atoms with Gasteiger partial charge in [0.25, 0.3) is 11.5 Å². The van der Waals surface area contributed by atoms with Crippen LogP contribution < -0.4 is 20.3 Å². The number of halogens is 2. The summed E-state index contributed by atoms with van der Waals surface area (Å²) in [5.41, 5.74) is 0.389. The first-order valence-corrected chi connectivity index (χ1v) is 14.9. The number of nitrogens with one attached hydrogen (secondary N) is 1. The van der Waals surface area contributed by atoms with Crippen LogP contribution in [0.25, 0.3) is 10.9 Å². The monoisotopic (exact) mass is 665 g/mol. The first kappa shape index (κ1) is 30.8. The second-order valence-electron chi connectivity index (χ2n) is 10.2. The van der Waals surface area contributed by atoms with E-state index in [1.807, 2.05) is 6.07 Å². The fraction of sp³-hybridized carbons (Fsp3) is 0.290. The third-order valence-electron chi connectivity index (χ3n) is 7.16. The summed E-state index contributed by atoms with van der Waals surface area (Å²) < 4.78 is 26.4. The number of aromatic nitrogens is 2. The van der Waals surface area contributed by atoms with Crippen molar-refractivity contribution in [1.29, 1.82) is 0 Å². The van der Waals surface area contributed by atoms with E-state index in [1.165, 1.54) is 47.3 Å². The van der Waals surface area contributed by atoms with E-state index in [0.29, 0.717) is 22.4 Å². The van der Waals surface area contributed by atoms with Crippen molar-refractivity contribution in [2.24, 2.45) is 5.10 Å². The number of benzene rings is 3. The van der Waals surface area contributed by atoms with Crippen LogP contribution in [0, 0.1) is 15.9 Å². The number of ether oxygens (including phenoxy) is 2. The van der Waals surface area contributed by atoms with Crippen molar-refractivity contribution >= 4 is 50.3 Å². The van der Waals surface area contributed by atoms with Crippen LogP contribution in [0.4, 0.5) is 15.8 Å². The SMILES string of the molecule is CCOc1cc(C=Nn2c(C3CCCCC3)nc3ccc(Br)cc3c2=O)cc([N+](=O)[O-])c1OCC(=O)Nc1ccc(F)cc1. The molecule has 4 aromatic rings. The van der Waals surface area contributed by atoms with Gasteiger partial charge in [0.05, 0.1) is 28.6 Å². The molecule has 1 saturated carbocycles. The van der Waals surface area contributed by atoms with Crippen LogP contribution >= 0.6 is 15.9 Å². The van der Waals surface area contributed by atoms with Gasteiger partial charge in [-0.25, -0.2) is 9.37 Å². The maximum absolute atomic E-state index is 13.6. The highest BCUT2D eigenvalue weighted by Crippen LogP contribution is 2.38. The number of rotatable bonds is 10. The van der Waals surface area contributed by atoms with Crippen molar-refractivity contribution in [2.75, 3.05) is 18.5 Å². The normalized spacial score (nSPS) is 13.7. The maximum Gasteiger partial charge on any atom is 0.315 e. The van der Waals surface area contributed by atoms with Crippen molar-refractivity contribution in [3.63, 3.8) is 0 Å². The fourth-order valence-corrected chi connectivity index (χ4v) is 5.48. The first-order chi connectivity index (χ1) is 21.2. The van der Waals surface area contributed by atoms with Gasteiger partial charge in [-0.05, 0) is 68.3 Å². The molecule has 11 nitrogen and oxygen atoms in total. The molecule has 3 aromatic carbocycles. The van der Waals surface area contributed by atoms with E-state index in [1.54, 1.807) is 19.1 Å². The van der Waals surface area contributed by atoms with Gasteiger partial charge >= 0.3 is 5.69 Å². The molecule has 1 fully saturated rings. The van der Waals surface area contributed by atoms with Crippen LogP contribution in [0.1, 0.15) is 56.3 Å². The Bertz CT molecular complexity index is 1790. The van der Waals surface area contributed by atoms with E-state index in [4.69, 9.17) is 14.5 Å². The number of anilines is 1. The van der Waals surface area contributed by atoms with E-state index in [9.17, 15) is 24.1 Å². The molecule has 1 N–H and O–H groups in total. The largest absolute Gasteiger partial charge is 0.490 e. The molecule has 0 unspecified atom stereocenters. The Morgan fingerprint density at radius 1 is 1.16 bits per heavy atom. The highest BCUT2D eigenvalue weighted by molar-refractivity contribution is 9.10. The van der Waals surface area contributed by atoms with Gasteiger partial charge in [0.2, 0.25) is 5.75 Å². The lowest BCUT2D eigenvalue weighted by molar-refractivity contribution is -0.385. The smallest absolute Gasteiger partial charge is 0.315 e. The topological polar surface area (TPSA) is 138 Å². The van der Waals surface area contributed by atoms with Crippen molar-refractivity contribution in [2.45, 2.75) is 44.9 Å². The molecule has 1 aliphatic carbocycles. The van der Waals surface area contributed by atoms with Gasteiger partial charge in [0, 0.05) is 27.7 Å². The lowest BCUT2D eigenvalue weighted by Crippen LogP contribution is -2.25. The molecule has 1 amide bonds. The molecule has 0 spiro atoms. The number of fused-ring (bicyclic) bond motifs is 1. The zero-order chi connectivity index (χ0) is 31.2. The van der Waals surface area contributed by atoms with Crippen LogP contribution in [0.5, 0.6) is 11.5 Å². The highest BCUT2D eigenvalue weighted by atomic mass is 79.9. The summed E-state index contributed by atoms with van der Waals surface area (Å²) in [4.78, 5) is 42.3. The van der Waals surface area contributed by atoms with Crippen LogP contribution in [-0.2, 0) is 4.79 Å². The van der Waals surface area contributed by atoms with Gasteiger partial charge in [-0.3, -0.25) is 19.7 Å². The second kappa shape index (κ2) is 13.8. The average molecular weight is 667 g/mol. The Kier molecular flexibility index (Phi) is 9.63. The molecule has 0 radical (unpaired) electrons. The molecule has 1 aliphatic rings. The Labute approximate surface area is 260 Å². The standard InChI is InChI=1S/C31H29BrFN5O6/c1-2-43-27-15-19(14-26(38(41)42)29(27)44-18-28(39)35-23-11-9-22(33)10-12-23)17-34-37-30(20-6-4-3-5-7-20)36-25-13-8-21(32)16-24(25)31(37)40/h8-17,20H,2-7,18H2,1H3,(H,35,39). The first-order valence-electron chi connectivity index (χ1n) is 14.1. The number of nitrogens with zero attached hydrogens (tertiary/aromatic N) is 4. The molecule has 44 heavy (non-hydrogen) atoms. The third-order valence-corrected chi connectivity index (χ3v) is 7.65.